The maximum atomic E-state index is 13.3. The smallest absolute Gasteiger partial charge is 0.407 e. The first-order chi connectivity index (χ1) is 14.1. The predicted octanol–water partition coefficient (Wildman–Crippen LogP) is 1.88. The zero-order valence-corrected chi connectivity index (χ0v) is 17.8. The highest BCUT2D eigenvalue weighted by atomic mass is 35.5. The Morgan fingerprint density at radius 3 is 2.60 bits per heavy atom. The van der Waals surface area contributed by atoms with Crippen molar-refractivity contribution in [3.8, 4) is 0 Å². The molecule has 1 aromatic carbocycles. The monoisotopic (exact) mass is 437 g/mol. The van der Waals surface area contributed by atoms with E-state index in [4.69, 9.17) is 21.1 Å². The lowest BCUT2D eigenvalue weighted by molar-refractivity contribution is -0.141. The van der Waals surface area contributed by atoms with E-state index in [1.807, 2.05) is 0 Å². The van der Waals surface area contributed by atoms with E-state index in [0.29, 0.717) is 11.3 Å². The Hall–Kier alpha value is -2.81. The van der Waals surface area contributed by atoms with E-state index < -0.39 is 35.7 Å². The zero-order chi connectivity index (χ0) is 22.1. The number of benzene rings is 1. The predicted molar refractivity (Wildman–Crippen MR) is 108 cm³/mol. The van der Waals surface area contributed by atoms with Crippen LogP contribution in [0, 0.1) is 0 Å². The van der Waals surface area contributed by atoms with Crippen LogP contribution in [0.25, 0.3) is 0 Å². The number of alkyl carbamates (subject to hydrolysis) is 1. The maximum absolute atomic E-state index is 13.3. The third-order valence-corrected chi connectivity index (χ3v) is 4.87. The van der Waals surface area contributed by atoms with E-state index in [0.717, 1.165) is 0 Å². The maximum Gasteiger partial charge on any atom is 0.407 e. The summed E-state index contributed by atoms with van der Waals surface area (Å²) in [7, 11) is 0. The lowest BCUT2D eigenvalue weighted by atomic mass is 10.1. The number of halogens is 1. The Morgan fingerprint density at radius 1 is 1.23 bits per heavy atom. The third kappa shape index (κ3) is 4.67. The molecule has 1 aromatic rings. The van der Waals surface area contributed by atoms with Crippen molar-refractivity contribution < 1.29 is 28.7 Å². The zero-order valence-electron chi connectivity index (χ0n) is 17.0. The molecule has 30 heavy (non-hydrogen) atoms. The minimum absolute atomic E-state index is 0.156. The van der Waals surface area contributed by atoms with Gasteiger partial charge in [-0.1, -0.05) is 23.7 Å². The van der Waals surface area contributed by atoms with Crippen LogP contribution in [-0.4, -0.2) is 65.6 Å². The number of fused-ring (bicyclic) bond motifs is 2. The van der Waals surface area contributed by atoms with Crippen LogP contribution in [0.2, 0.25) is 0 Å². The van der Waals surface area contributed by atoms with Crippen LogP contribution in [0.5, 0.6) is 0 Å². The standard InChI is InChI=1S/C20H24ClN3O6/c1-20(2,3)30-19(28)22-12-8-15-18(27)24(10-16(25)29-11-21)14-7-5-4-6-13(14)17(26)23(15)9-12/h4-7,12,15H,8-11H2,1-3H3,(H,22,28). The van der Waals surface area contributed by atoms with Crippen molar-refractivity contribution in [3.05, 3.63) is 29.8 Å². The fraction of sp³-hybridized carbons (Fsp3) is 0.500. The molecule has 0 bridgehead atoms. The quantitative estimate of drug-likeness (QED) is 0.569. The Morgan fingerprint density at radius 2 is 1.93 bits per heavy atom. The summed E-state index contributed by atoms with van der Waals surface area (Å²) in [6.07, 6.45) is -0.410. The number of anilines is 1. The molecule has 1 fully saturated rings. The van der Waals surface area contributed by atoms with E-state index in [9.17, 15) is 19.2 Å². The summed E-state index contributed by atoms with van der Waals surface area (Å²) in [6.45, 7) is 5.02. The van der Waals surface area contributed by atoms with Crippen LogP contribution in [0.15, 0.2) is 24.3 Å². The Bertz CT molecular complexity index is 868. The molecule has 3 rings (SSSR count). The second kappa shape index (κ2) is 8.51. The molecule has 0 saturated carbocycles. The largest absolute Gasteiger partial charge is 0.448 e. The molecular formula is C20H24ClN3O6. The molecule has 9 nitrogen and oxygen atoms in total. The van der Waals surface area contributed by atoms with Gasteiger partial charge in [0.1, 0.15) is 18.2 Å². The fourth-order valence-electron chi connectivity index (χ4n) is 3.62. The molecule has 2 unspecified atom stereocenters. The van der Waals surface area contributed by atoms with Crippen molar-refractivity contribution in [1.82, 2.24) is 10.2 Å². The molecule has 2 aliphatic heterocycles. The van der Waals surface area contributed by atoms with E-state index in [1.54, 1.807) is 45.0 Å². The third-order valence-electron chi connectivity index (χ3n) is 4.76. The van der Waals surface area contributed by atoms with E-state index in [-0.39, 0.29) is 31.5 Å². The van der Waals surface area contributed by atoms with Gasteiger partial charge in [-0.05, 0) is 39.3 Å². The fourth-order valence-corrected chi connectivity index (χ4v) is 3.74. The molecule has 10 heteroatoms. The van der Waals surface area contributed by atoms with Gasteiger partial charge in [0.05, 0.1) is 17.3 Å². The van der Waals surface area contributed by atoms with Crippen molar-refractivity contribution in [2.75, 3.05) is 24.1 Å². The molecule has 1 saturated heterocycles. The molecule has 0 spiro atoms. The number of nitrogens with zero attached hydrogens (tertiary/aromatic N) is 2. The average Bonchev–Trinajstić information content (AvgIpc) is 3.04. The molecule has 2 heterocycles. The van der Waals surface area contributed by atoms with E-state index >= 15 is 0 Å². The summed E-state index contributed by atoms with van der Waals surface area (Å²) in [6, 6.07) is 4.96. The Balaban J connectivity index is 1.86. The topological polar surface area (TPSA) is 105 Å². The van der Waals surface area contributed by atoms with Crippen molar-refractivity contribution >= 4 is 41.2 Å². The molecule has 0 radical (unpaired) electrons. The lowest BCUT2D eigenvalue weighted by Gasteiger charge is -2.24. The average molecular weight is 438 g/mol. The number of hydrogen-bond donors (Lipinski definition) is 1. The van der Waals surface area contributed by atoms with Gasteiger partial charge in [-0.3, -0.25) is 19.3 Å². The molecule has 1 N–H and O–H groups in total. The van der Waals surface area contributed by atoms with Gasteiger partial charge in [-0.2, -0.15) is 0 Å². The molecular weight excluding hydrogens is 414 g/mol. The Labute approximate surface area is 179 Å². The van der Waals surface area contributed by atoms with Gasteiger partial charge < -0.3 is 19.7 Å². The van der Waals surface area contributed by atoms with Crippen LogP contribution in [0.4, 0.5) is 10.5 Å². The number of rotatable bonds is 4. The molecule has 3 amide bonds. The summed E-state index contributed by atoms with van der Waals surface area (Å²) in [4.78, 5) is 53.2. The first-order valence-electron chi connectivity index (χ1n) is 9.53. The first kappa shape index (κ1) is 21.9. The highest BCUT2D eigenvalue weighted by molar-refractivity contribution is 6.17. The number of nitrogens with one attached hydrogen (secondary N) is 1. The van der Waals surface area contributed by atoms with Crippen LogP contribution >= 0.6 is 11.6 Å². The molecule has 2 aliphatic rings. The van der Waals surface area contributed by atoms with Crippen LogP contribution in [-0.2, 0) is 19.1 Å². The van der Waals surface area contributed by atoms with Crippen molar-refractivity contribution in [1.29, 1.82) is 0 Å². The van der Waals surface area contributed by atoms with E-state index in [2.05, 4.69) is 5.32 Å². The molecule has 0 aliphatic carbocycles. The molecule has 0 aromatic heterocycles. The van der Waals surface area contributed by atoms with Gasteiger partial charge >= 0.3 is 12.1 Å². The normalized spacial score (nSPS) is 20.9. The second-order valence-corrected chi connectivity index (χ2v) is 8.34. The molecule has 162 valence electrons. The summed E-state index contributed by atoms with van der Waals surface area (Å²) < 4.78 is 10.0. The second-order valence-electron chi connectivity index (χ2n) is 8.12. The summed E-state index contributed by atoms with van der Waals surface area (Å²) in [5.74, 6) is -1.45. The Kier molecular flexibility index (Phi) is 6.21. The van der Waals surface area contributed by atoms with Crippen LogP contribution in [0.3, 0.4) is 0 Å². The van der Waals surface area contributed by atoms with Gasteiger partial charge in [0.15, 0.2) is 6.07 Å². The van der Waals surface area contributed by atoms with Gasteiger partial charge in [-0.15, -0.1) is 0 Å². The summed E-state index contributed by atoms with van der Waals surface area (Å²) in [5, 5.41) is 2.72. The summed E-state index contributed by atoms with van der Waals surface area (Å²) in [5.41, 5.74) is -0.0350. The highest BCUT2D eigenvalue weighted by Crippen LogP contribution is 2.32. The number of carbonyl (C=O) groups is 4. The first-order valence-corrected chi connectivity index (χ1v) is 10.1. The van der Waals surface area contributed by atoms with Crippen molar-refractivity contribution in [2.24, 2.45) is 0 Å². The lowest BCUT2D eigenvalue weighted by Crippen LogP contribution is -2.46. The van der Waals surface area contributed by atoms with Gasteiger partial charge in [0.25, 0.3) is 5.91 Å². The molecule has 2 atom stereocenters. The van der Waals surface area contributed by atoms with Gasteiger partial charge in [0.2, 0.25) is 5.91 Å². The van der Waals surface area contributed by atoms with E-state index in [1.165, 1.54) is 9.80 Å². The van der Waals surface area contributed by atoms with Crippen LogP contribution in [0.1, 0.15) is 37.6 Å². The van der Waals surface area contributed by atoms with Gasteiger partial charge in [-0.25, -0.2) is 4.79 Å². The number of carbonyl (C=O) groups excluding carboxylic acids is 4. The van der Waals surface area contributed by atoms with Crippen molar-refractivity contribution in [3.63, 3.8) is 0 Å². The minimum Gasteiger partial charge on any atom is -0.448 e. The number of para-hydroxylation sites is 1. The van der Waals surface area contributed by atoms with Crippen molar-refractivity contribution in [2.45, 2.75) is 44.9 Å². The number of hydrogen-bond acceptors (Lipinski definition) is 6. The highest BCUT2D eigenvalue weighted by Gasteiger charge is 2.46. The number of amides is 3. The minimum atomic E-state index is -0.825. The van der Waals surface area contributed by atoms with Gasteiger partial charge in [0, 0.05) is 6.54 Å². The van der Waals surface area contributed by atoms with Crippen LogP contribution < -0.4 is 10.2 Å². The SMILES string of the molecule is CC(C)(C)OC(=O)NC1CC2C(=O)N(CC(=O)OCCl)c3ccccc3C(=O)N2C1. The number of alkyl halides is 1. The number of ether oxygens (including phenoxy) is 2. The summed E-state index contributed by atoms with van der Waals surface area (Å²) >= 11 is 5.45. The number of esters is 1.